The van der Waals surface area contributed by atoms with Crippen LogP contribution in [-0.4, -0.2) is 52.0 Å². The monoisotopic (exact) mass is 278 g/mol. The number of H-pyrrole nitrogens is 1. The molecule has 0 saturated heterocycles. The smallest absolute Gasteiger partial charge is 0.276 e. The van der Waals surface area contributed by atoms with Crippen molar-refractivity contribution in [2.24, 2.45) is 5.41 Å². The van der Waals surface area contributed by atoms with Gasteiger partial charge in [-0.05, 0) is 26.2 Å². The van der Waals surface area contributed by atoms with E-state index in [0.29, 0.717) is 11.8 Å². The van der Waals surface area contributed by atoms with Crippen LogP contribution in [0.4, 0.5) is 0 Å². The highest BCUT2D eigenvalue weighted by atomic mass is 16.5. The largest absolute Gasteiger partial charge is 0.378 e. The van der Waals surface area contributed by atoms with Gasteiger partial charge < -0.3 is 9.64 Å². The molecule has 1 aromatic rings. The summed E-state index contributed by atoms with van der Waals surface area (Å²) in [7, 11) is 1.88. The van der Waals surface area contributed by atoms with E-state index in [1.807, 2.05) is 18.9 Å². The van der Waals surface area contributed by atoms with Crippen molar-refractivity contribution in [1.29, 1.82) is 0 Å². The maximum atomic E-state index is 12.4. The molecule has 0 radical (unpaired) electrons. The average molecular weight is 278 g/mol. The van der Waals surface area contributed by atoms with Gasteiger partial charge in [0, 0.05) is 25.1 Å². The number of carbonyl (C=O) groups excluding carboxylic acids is 1. The highest BCUT2D eigenvalue weighted by molar-refractivity contribution is 5.92. The molecule has 2 saturated carbocycles. The van der Waals surface area contributed by atoms with Crippen LogP contribution in [0.1, 0.15) is 49.5 Å². The molecule has 2 fully saturated rings. The second kappa shape index (κ2) is 5.16. The number of ether oxygens (including phenoxy) is 1. The van der Waals surface area contributed by atoms with Crippen LogP contribution in [-0.2, 0) is 4.74 Å². The van der Waals surface area contributed by atoms with Crippen molar-refractivity contribution >= 4 is 5.91 Å². The first kappa shape index (κ1) is 13.5. The number of hydrogen-bond donors (Lipinski definition) is 1. The van der Waals surface area contributed by atoms with Crippen molar-refractivity contribution in [2.75, 3.05) is 13.7 Å². The van der Waals surface area contributed by atoms with E-state index >= 15 is 0 Å². The molecule has 6 nitrogen and oxygen atoms in total. The fourth-order valence-corrected chi connectivity index (χ4v) is 4.02. The molecule has 1 aromatic heterocycles. The van der Waals surface area contributed by atoms with E-state index in [2.05, 4.69) is 15.4 Å². The van der Waals surface area contributed by atoms with Crippen LogP contribution in [0.15, 0.2) is 6.20 Å². The Kier molecular flexibility index (Phi) is 3.50. The van der Waals surface area contributed by atoms with Gasteiger partial charge in [0.2, 0.25) is 0 Å². The molecule has 2 aliphatic carbocycles. The molecule has 2 aliphatic rings. The maximum Gasteiger partial charge on any atom is 0.276 e. The van der Waals surface area contributed by atoms with Crippen LogP contribution < -0.4 is 0 Å². The first-order chi connectivity index (χ1) is 9.69. The Balaban J connectivity index is 1.75. The van der Waals surface area contributed by atoms with E-state index in [0.717, 1.165) is 13.0 Å². The third kappa shape index (κ3) is 1.93. The van der Waals surface area contributed by atoms with Gasteiger partial charge in [0.25, 0.3) is 5.91 Å². The third-order valence-electron chi connectivity index (χ3n) is 5.07. The molecule has 1 N–H and O–H groups in total. The molecule has 0 aromatic carbocycles. The van der Waals surface area contributed by atoms with Crippen LogP contribution in [0.25, 0.3) is 0 Å². The van der Waals surface area contributed by atoms with Crippen molar-refractivity contribution in [3.63, 3.8) is 0 Å². The number of nitrogens with one attached hydrogen (secondary N) is 1. The SMILES string of the molecule is CCOC1CC(N(C)C(=O)c2cn[nH]n2)C12CCCC2. The van der Waals surface area contributed by atoms with E-state index < -0.39 is 0 Å². The lowest BCUT2D eigenvalue weighted by atomic mass is 9.60. The number of aromatic nitrogens is 3. The lowest BCUT2D eigenvalue weighted by molar-refractivity contribution is -0.152. The summed E-state index contributed by atoms with van der Waals surface area (Å²) in [5.74, 6) is -0.0510. The van der Waals surface area contributed by atoms with E-state index in [1.54, 1.807) is 0 Å². The van der Waals surface area contributed by atoms with Crippen molar-refractivity contribution in [3.05, 3.63) is 11.9 Å². The molecule has 2 unspecified atom stereocenters. The quantitative estimate of drug-likeness (QED) is 0.908. The van der Waals surface area contributed by atoms with Gasteiger partial charge >= 0.3 is 0 Å². The number of aromatic amines is 1. The molecular weight excluding hydrogens is 256 g/mol. The van der Waals surface area contributed by atoms with Crippen molar-refractivity contribution < 1.29 is 9.53 Å². The normalized spacial score (nSPS) is 27.5. The lowest BCUT2D eigenvalue weighted by Gasteiger charge is -2.56. The highest BCUT2D eigenvalue weighted by Gasteiger charge is 2.58. The Morgan fingerprint density at radius 3 is 2.90 bits per heavy atom. The first-order valence-electron chi connectivity index (χ1n) is 7.43. The van der Waals surface area contributed by atoms with Gasteiger partial charge in [-0.3, -0.25) is 4.79 Å². The highest BCUT2D eigenvalue weighted by Crippen LogP contribution is 2.56. The van der Waals surface area contributed by atoms with Gasteiger partial charge in [-0.1, -0.05) is 12.8 Å². The van der Waals surface area contributed by atoms with Crippen molar-refractivity contribution in [1.82, 2.24) is 20.3 Å². The first-order valence-corrected chi connectivity index (χ1v) is 7.43. The van der Waals surface area contributed by atoms with Crippen molar-refractivity contribution in [2.45, 2.75) is 51.2 Å². The van der Waals surface area contributed by atoms with E-state index in [9.17, 15) is 4.79 Å². The summed E-state index contributed by atoms with van der Waals surface area (Å²) < 4.78 is 5.89. The predicted molar refractivity (Wildman–Crippen MR) is 73.2 cm³/mol. The topological polar surface area (TPSA) is 71.1 Å². The molecule has 20 heavy (non-hydrogen) atoms. The molecular formula is C14H22N4O2. The number of rotatable bonds is 4. The second-order valence-electron chi connectivity index (χ2n) is 5.91. The van der Waals surface area contributed by atoms with Gasteiger partial charge in [-0.25, -0.2) is 0 Å². The van der Waals surface area contributed by atoms with Crippen molar-refractivity contribution in [3.8, 4) is 0 Å². The zero-order chi connectivity index (χ0) is 14.2. The summed E-state index contributed by atoms with van der Waals surface area (Å²) in [4.78, 5) is 14.3. The molecule has 1 amide bonds. The molecule has 110 valence electrons. The van der Waals surface area contributed by atoms with E-state index in [4.69, 9.17) is 4.74 Å². The second-order valence-corrected chi connectivity index (χ2v) is 5.91. The number of amides is 1. The van der Waals surface area contributed by atoms with E-state index in [1.165, 1.54) is 31.9 Å². The summed E-state index contributed by atoms with van der Waals surface area (Å²) in [6.07, 6.45) is 7.55. The third-order valence-corrected chi connectivity index (χ3v) is 5.07. The Hall–Kier alpha value is -1.43. The molecule has 1 heterocycles. The van der Waals surface area contributed by atoms with Crippen LogP contribution in [0.2, 0.25) is 0 Å². The maximum absolute atomic E-state index is 12.4. The van der Waals surface area contributed by atoms with Gasteiger partial charge in [0.1, 0.15) is 0 Å². The average Bonchev–Trinajstić information content (AvgIpc) is 3.13. The molecule has 1 spiro atoms. The molecule has 0 aliphatic heterocycles. The minimum absolute atomic E-state index is 0.0510. The molecule has 6 heteroatoms. The van der Waals surface area contributed by atoms with Gasteiger partial charge in [0.05, 0.1) is 12.3 Å². The number of nitrogens with zero attached hydrogens (tertiary/aromatic N) is 3. The Morgan fingerprint density at radius 1 is 1.55 bits per heavy atom. The lowest BCUT2D eigenvalue weighted by Crippen LogP contribution is -2.64. The fourth-order valence-electron chi connectivity index (χ4n) is 4.02. The summed E-state index contributed by atoms with van der Waals surface area (Å²) >= 11 is 0. The predicted octanol–water partition coefficient (Wildman–Crippen LogP) is 1.61. The van der Waals surface area contributed by atoms with Gasteiger partial charge in [-0.15, -0.1) is 0 Å². The minimum Gasteiger partial charge on any atom is -0.378 e. The Morgan fingerprint density at radius 2 is 2.30 bits per heavy atom. The molecule has 2 atom stereocenters. The summed E-state index contributed by atoms with van der Waals surface area (Å²) in [5.41, 5.74) is 0.560. The number of carbonyl (C=O) groups is 1. The van der Waals surface area contributed by atoms with Gasteiger partial charge in [-0.2, -0.15) is 15.4 Å². The molecule has 3 rings (SSSR count). The summed E-state index contributed by atoms with van der Waals surface area (Å²) in [6, 6.07) is 0.269. The zero-order valence-corrected chi connectivity index (χ0v) is 12.1. The standard InChI is InChI=1S/C14H22N4O2/c1-3-20-12-8-11(14(12)6-4-5-7-14)18(2)13(19)10-9-15-17-16-10/h9,11-12H,3-8H2,1-2H3,(H,15,16,17). The fraction of sp³-hybridized carbons (Fsp3) is 0.786. The Labute approximate surface area is 118 Å². The van der Waals surface area contributed by atoms with Crippen LogP contribution in [0.3, 0.4) is 0 Å². The van der Waals surface area contributed by atoms with Crippen LogP contribution >= 0.6 is 0 Å². The number of hydrogen-bond acceptors (Lipinski definition) is 4. The Bertz CT molecular complexity index is 468. The molecule has 0 bridgehead atoms. The zero-order valence-electron chi connectivity index (χ0n) is 12.1. The summed E-state index contributed by atoms with van der Waals surface area (Å²) in [5, 5.41) is 10.1. The summed E-state index contributed by atoms with van der Waals surface area (Å²) in [6.45, 7) is 2.79. The van der Waals surface area contributed by atoms with Crippen LogP contribution in [0, 0.1) is 5.41 Å². The minimum atomic E-state index is -0.0510. The van der Waals surface area contributed by atoms with E-state index in [-0.39, 0.29) is 17.4 Å². The van der Waals surface area contributed by atoms with Gasteiger partial charge in [0.15, 0.2) is 5.69 Å². The van der Waals surface area contributed by atoms with Crippen LogP contribution in [0.5, 0.6) is 0 Å².